The molecule has 102 valence electrons. The van der Waals surface area contributed by atoms with Gasteiger partial charge in [-0.15, -0.1) is 5.10 Å². The van der Waals surface area contributed by atoms with Crippen LogP contribution < -0.4 is 5.32 Å². The van der Waals surface area contributed by atoms with Crippen molar-refractivity contribution in [2.45, 2.75) is 52.9 Å². The number of amides is 1. The Morgan fingerprint density at radius 3 is 2.56 bits per heavy atom. The number of aromatic amines is 1. The van der Waals surface area contributed by atoms with E-state index in [1.54, 1.807) is 0 Å². The molecule has 0 saturated carbocycles. The molecule has 18 heavy (non-hydrogen) atoms. The molecule has 5 nitrogen and oxygen atoms in total. The van der Waals surface area contributed by atoms with Crippen molar-refractivity contribution >= 4 is 5.91 Å². The van der Waals surface area contributed by atoms with Gasteiger partial charge in [0.25, 0.3) is 5.91 Å². The maximum absolute atomic E-state index is 11.8. The zero-order valence-corrected chi connectivity index (χ0v) is 12.0. The molecule has 0 aliphatic rings. The summed E-state index contributed by atoms with van der Waals surface area (Å²) < 4.78 is 0. The fourth-order valence-corrected chi connectivity index (χ4v) is 1.49. The minimum Gasteiger partial charge on any atom is -0.349 e. The van der Waals surface area contributed by atoms with Crippen molar-refractivity contribution in [1.82, 2.24) is 20.5 Å². The first kappa shape index (κ1) is 14.7. The summed E-state index contributed by atoms with van der Waals surface area (Å²) in [7, 11) is 0. The van der Waals surface area contributed by atoms with Crippen molar-refractivity contribution in [3.05, 3.63) is 11.6 Å². The zero-order chi connectivity index (χ0) is 13.8. The minimum atomic E-state index is -0.203. The normalized spacial score (nSPS) is 11.9. The van der Waals surface area contributed by atoms with Crippen molar-refractivity contribution in [3.63, 3.8) is 0 Å². The van der Waals surface area contributed by atoms with Gasteiger partial charge in [0.1, 0.15) is 5.82 Å². The van der Waals surface area contributed by atoms with Crippen LogP contribution in [0.2, 0.25) is 0 Å². The molecule has 2 N–H and O–H groups in total. The van der Waals surface area contributed by atoms with E-state index in [2.05, 4.69) is 34.3 Å². The number of nitrogens with zero attached hydrogens (tertiary/aromatic N) is 2. The number of carbonyl (C=O) groups is 1. The van der Waals surface area contributed by atoms with Crippen LogP contribution in [-0.4, -0.2) is 27.6 Å². The van der Waals surface area contributed by atoms with Gasteiger partial charge >= 0.3 is 0 Å². The number of hydrogen-bond acceptors (Lipinski definition) is 3. The van der Waals surface area contributed by atoms with Gasteiger partial charge in [-0.05, 0) is 18.8 Å². The van der Waals surface area contributed by atoms with Gasteiger partial charge in [0.15, 0.2) is 0 Å². The van der Waals surface area contributed by atoms with Crippen LogP contribution in [0.5, 0.6) is 0 Å². The molecule has 1 rings (SSSR count). The molecule has 0 fully saturated rings. The molecule has 5 heteroatoms. The van der Waals surface area contributed by atoms with Gasteiger partial charge in [-0.2, -0.15) is 0 Å². The second-order valence-electron chi connectivity index (χ2n) is 6.05. The van der Waals surface area contributed by atoms with E-state index in [9.17, 15) is 4.79 Å². The van der Waals surface area contributed by atoms with E-state index in [0.717, 1.165) is 18.7 Å². The molecule has 1 heterocycles. The molecule has 0 bridgehead atoms. The summed E-state index contributed by atoms with van der Waals surface area (Å²) in [5.74, 6) is 1.42. The Kier molecular flexibility index (Phi) is 4.87. The standard InChI is InChI=1S/C13H24N4O/c1-9(2)7-6-8-14-11(18)10-15-12(17-16-10)13(3,4)5/h9H,6-8H2,1-5H3,(H,14,18)(H,15,16,17). The first-order valence-electron chi connectivity index (χ1n) is 6.52. The summed E-state index contributed by atoms with van der Waals surface area (Å²) >= 11 is 0. The summed E-state index contributed by atoms with van der Waals surface area (Å²) in [6.45, 7) is 11.1. The van der Waals surface area contributed by atoms with E-state index >= 15 is 0 Å². The summed E-state index contributed by atoms with van der Waals surface area (Å²) in [5, 5.41) is 9.60. The highest BCUT2D eigenvalue weighted by atomic mass is 16.2. The molecule has 1 aromatic rings. The van der Waals surface area contributed by atoms with Crippen LogP contribution in [0, 0.1) is 5.92 Å². The lowest BCUT2D eigenvalue weighted by Crippen LogP contribution is -2.26. The van der Waals surface area contributed by atoms with Crippen molar-refractivity contribution in [2.24, 2.45) is 5.92 Å². The van der Waals surface area contributed by atoms with Crippen molar-refractivity contribution in [2.75, 3.05) is 6.54 Å². The first-order chi connectivity index (χ1) is 8.30. The predicted molar refractivity (Wildman–Crippen MR) is 71.5 cm³/mol. The van der Waals surface area contributed by atoms with E-state index in [1.165, 1.54) is 0 Å². The molecule has 0 aliphatic carbocycles. The van der Waals surface area contributed by atoms with Crippen LogP contribution >= 0.6 is 0 Å². The summed E-state index contributed by atoms with van der Waals surface area (Å²) in [5.41, 5.74) is -0.122. The van der Waals surface area contributed by atoms with Crippen molar-refractivity contribution in [3.8, 4) is 0 Å². The largest absolute Gasteiger partial charge is 0.349 e. The van der Waals surface area contributed by atoms with E-state index < -0.39 is 0 Å². The second-order valence-corrected chi connectivity index (χ2v) is 6.05. The SMILES string of the molecule is CC(C)CCCNC(=O)c1n[nH]c(C(C)(C)C)n1. The zero-order valence-electron chi connectivity index (χ0n) is 12.0. The highest BCUT2D eigenvalue weighted by Crippen LogP contribution is 2.17. The molecule has 1 aromatic heterocycles. The number of aromatic nitrogens is 3. The lowest BCUT2D eigenvalue weighted by molar-refractivity contribution is 0.0942. The highest BCUT2D eigenvalue weighted by molar-refractivity contribution is 5.90. The number of rotatable bonds is 5. The third-order valence-electron chi connectivity index (χ3n) is 2.64. The van der Waals surface area contributed by atoms with Gasteiger partial charge < -0.3 is 5.32 Å². The van der Waals surface area contributed by atoms with Crippen LogP contribution in [0.25, 0.3) is 0 Å². The fraction of sp³-hybridized carbons (Fsp3) is 0.769. The predicted octanol–water partition coefficient (Wildman–Crippen LogP) is 2.27. The molecule has 0 atom stereocenters. The van der Waals surface area contributed by atoms with Crippen molar-refractivity contribution < 1.29 is 4.79 Å². The topological polar surface area (TPSA) is 70.7 Å². The van der Waals surface area contributed by atoms with Gasteiger partial charge in [0, 0.05) is 12.0 Å². The van der Waals surface area contributed by atoms with Crippen LogP contribution in [-0.2, 0) is 5.41 Å². The molecule has 0 aliphatic heterocycles. The van der Waals surface area contributed by atoms with Gasteiger partial charge in [-0.1, -0.05) is 34.6 Å². The van der Waals surface area contributed by atoms with Gasteiger partial charge in [-0.3, -0.25) is 9.89 Å². The van der Waals surface area contributed by atoms with Crippen molar-refractivity contribution in [1.29, 1.82) is 0 Å². The van der Waals surface area contributed by atoms with Crippen LogP contribution in [0.3, 0.4) is 0 Å². The summed E-state index contributed by atoms with van der Waals surface area (Å²) in [6.07, 6.45) is 2.10. The van der Waals surface area contributed by atoms with E-state index in [1.807, 2.05) is 20.8 Å². The Balaban J connectivity index is 2.45. The average Bonchev–Trinajstić information content (AvgIpc) is 2.72. The Morgan fingerprint density at radius 2 is 2.06 bits per heavy atom. The van der Waals surface area contributed by atoms with E-state index in [4.69, 9.17) is 0 Å². The molecule has 0 spiro atoms. The average molecular weight is 252 g/mol. The van der Waals surface area contributed by atoms with E-state index in [-0.39, 0.29) is 17.1 Å². The van der Waals surface area contributed by atoms with Crippen LogP contribution in [0.1, 0.15) is 63.9 Å². The Morgan fingerprint density at radius 1 is 1.39 bits per heavy atom. The molecule has 0 unspecified atom stereocenters. The molecule has 0 saturated heterocycles. The first-order valence-corrected chi connectivity index (χ1v) is 6.52. The Hall–Kier alpha value is -1.39. The van der Waals surface area contributed by atoms with Crippen LogP contribution in [0.15, 0.2) is 0 Å². The fourth-order valence-electron chi connectivity index (χ4n) is 1.49. The lowest BCUT2D eigenvalue weighted by atomic mass is 9.96. The third-order valence-corrected chi connectivity index (χ3v) is 2.64. The number of H-pyrrole nitrogens is 1. The third kappa shape index (κ3) is 4.47. The van der Waals surface area contributed by atoms with Gasteiger partial charge in [0.2, 0.25) is 5.82 Å². The lowest BCUT2D eigenvalue weighted by Gasteiger charge is -2.12. The van der Waals surface area contributed by atoms with E-state index in [0.29, 0.717) is 12.5 Å². The molecule has 1 amide bonds. The number of hydrogen-bond donors (Lipinski definition) is 2. The van der Waals surface area contributed by atoms with Gasteiger partial charge in [-0.25, -0.2) is 4.98 Å². The number of carbonyl (C=O) groups excluding carboxylic acids is 1. The molecule has 0 radical (unpaired) electrons. The van der Waals surface area contributed by atoms with Gasteiger partial charge in [0.05, 0.1) is 0 Å². The number of nitrogens with one attached hydrogen (secondary N) is 2. The summed E-state index contributed by atoms with van der Waals surface area (Å²) in [4.78, 5) is 16.0. The second kappa shape index (κ2) is 5.98. The quantitative estimate of drug-likeness (QED) is 0.790. The Labute approximate surface area is 109 Å². The maximum Gasteiger partial charge on any atom is 0.290 e. The monoisotopic (exact) mass is 252 g/mol. The Bertz CT molecular complexity index is 390. The minimum absolute atomic E-state index is 0.122. The summed E-state index contributed by atoms with van der Waals surface area (Å²) in [6, 6.07) is 0. The highest BCUT2D eigenvalue weighted by Gasteiger charge is 2.20. The van der Waals surface area contributed by atoms with Crippen LogP contribution in [0.4, 0.5) is 0 Å². The smallest absolute Gasteiger partial charge is 0.290 e. The molecular formula is C13H24N4O. The molecular weight excluding hydrogens is 228 g/mol. The maximum atomic E-state index is 11.8. The molecule has 0 aromatic carbocycles.